The molecule has 0 aromatic carbocycles. The third kappa shape index (κ3) is 13.1. The maximum absolute atomic E-state index is 11.7. The van der Waals surface area contributed by atoms with Gasteiger partial charge in [0.15, 0.2) is 0 Å². The number of hydrogen-bond acceptors (Lipinski definition) is 4. The van der Waals surface area contributed by atoms with Crippen molar-refractivity contribution in [3.63, 3.8) is 0 Å². The van der Waals surface area contributed by atoms with Gasteiger partial charge in [0.25, 0.3) is 0 Å². The molecule has 0 radical (unpaired) electrons. The first kappa shape index (κ1) is 21.9. The van der Waals surface area contributed by atoms with Crippen LogP contribution >= 0.6 is 0 Å². The lowest BCUT2D eigenvalue weighted by atomic mass is 10.0. The highest BCUT2D eigenvalue weighted by atomic mass is 16.5. The number of rotatable bonds is 14. The molecule has 0 aliphatic rings. The molecule has 0 aliphatic carbocycles. The van der Waals surface area contributed by atoms with Crippen LogP contribution in [0.5, 0.6) is 0 Å². The standard InChI is InChI=1S/C19H36O4/c1-5-8-10-11-16(4)23-19(21)14-13-18(20)22-15-17(7-3)12-9-6-2/h16-17H,5-15H2,1-4H3. The van der Waals surface area contributed by atoms with Crippen molar-refractivity contribution < 1.29 is 19.1 Å². The molecule has 0 rings (SSSR count). The van der Waals surface area contributed by atoms with Crippen LogP contribution in [0.15, 0.2) is 0 Å². The Bertz CT molecular complexity index is 314. The molecule has 0 aromatic heterocycles. The summed E-state index contributed by atoms with van der Waals surface area (Å²) in [5, 5.41) is 0. The highest BCUT2D eigenvalue weighted by Crippen LogP contribution is 2.13. The van der Waals surface area contributed by atoms with Gasteiger partial charge in [-0.3, -0.25) is 9.59 Å². The monoisotopic (exact) mass is 328 g/mol. The summed E-state index contributed by atoms with van der Waals surface area (Å²) in [5.74, 6) is -0.163. The summed E-state index contributed by atoms with van der Waals surface area (Å²) in [6.07, 6.45) is 8.88. The molecule has 0 spiro atoms. The van der Waals surface area contributed by atoms with E-state index < -0.39 is 0 Å². The fourth-order valence-electron chi connectivity index (χ4n) is 2.41. The van der Waals surface area contributed by atoms with Gasteiger partial charge in [-0.05, 0) is 32.1 Å². The van der Waals surface area contributed by atoms with Gasteiger partial charge < -0.3 is 9.47 Å². The molecule has 0 bridgehead atoms. The number of carbonyl (C=O) groups is 2. The Morgan fingerprint density at radius 1 is 0.870 bits per heavy atom. The number of unbranched alkanes of at least 4 members (excludes halogenated alkanes) is 3. The van der Waals surface area contributed by atoms with Crippen LogP contribution in [0.25, 0.3) is 0 Å². The Morgan fingerprint density at radius 2 is 1.52 bits per heavy atom. The van der Waals surface area contributed by atoms with Crippen molar-refractivity contribution in [3.8, 4) is 0 Å². The van der Waals surface area contributed by atoms with Gasteiger partial charge in [0.05, 0.1) is 25.6 Å². The van der Waals surface area contributed by atoms with Gasteiger partial charge in [0.2, 0.25) is 0 Å². The third-order valence-electron chi connectivity index (χ3n) is 4.10. The zero-order valence-electron chi connectivity index (χ0n) is 15.6. The van der Waals surface area contributed by atoms with E-state index >= 15 is 0 Å². The van der Waals surface area contributed by atoms with Crippen LogP contribution in [0.2, 0.25) is 0 Å². The zero-order chi connectivity index (χ0) is 17.5. The molecule has 23 heavy (non-hydrogen) atoms. The van der Waals surface area contributed by atoms with Gasteiger partial charge >= 0.3 is 11.9 Å². The first-order valence-corrected chi connectivity index (χ1v) is 9.38. The first-order chi connectivity index (χ1) is 11.0. The Hall–Kier alpha value is -1.06. The molecule has 4 nitrogen and oxygen atoms in total. The Balaban J connectivity index is 3.80. The van der Waals surface area contributed by atoms with Crippen LogP contribution in [-0.4, -0.2) is 24.6 Å². The second-order valence-corrected chi connectivity index (χ2v) is 6.40. The predicted octanol–water partition coefficient (Wildman–Crippen LogP) is 5.04. The van der Waals surface area contributed by atoms with Gasteiger partial charge in [0.1, 0.15) is 0 Å². The first-order valence-electron chi connectivity index (χ1n) is 9.38. The summed E-state index contributed by atoms with van der Waals surface area (Å²) in [7, 11) is 0. The lowest BCUT2D eigenvalue weighted by Crippen LogP contribution is -2.18. The third-order valence-corrected chi connectivity index (χ3v) is 4.10. The van der Waals surface area contributed by atoms with E-state index in [1.807, 2.05) is 6.92 Å². The lowest BCUT2D eigenvalue weighted by Gasteiger charge is -2.15. The summed E-state index contributed by atoms with van der Waals surface area (Å²) >= 11 is 0. The number of esters is 2. The molecule has 0 saturated heterocycles. The van der Waals surface area contributed by atoms with Crippen molar-refractivity contribution in [3.05, 3.63) is 0 Å². The second kappa shape index (κ2) is 14.5. The van der Waals surface area contributed by atoms with Crippen LogP contribution in [0, 0.1) is 5.92 Å². The van der Waals surface area contributed by atoms with E-state index in [9.17, 15) is 9.59 Å². The zero-order valence-corrected chi connectivity index (χ0v) is 15.6. The van der Waals surface area contributed by atoms with Crippen molar-refractivity contribution in [1.82, 2.24) is 0 Å². The average molecular weight is 328 g/mol. The topological polar surface area (TPSA) is 52.6 Å². The van der Waals surface area contributed by atoms with E-state index in [1.54, 1.807) is 0 Å². The molecule has 0 N–H and O–H groups in total. The van der Waals surface area contributed by atoms with Gasteiger partial charge in [-0.2, -0.15) is 0 Å². The van der Waals surface area contributed by atoms with E-state index in [2.05, 4.69) is 20.8 Å². The van der Waals surface area contributed by atoms with Crippen molar-refractivity contribution in [2.45, 2.75) is 98.0 Å². The van der Waals surface area contributed by atoms with Gasteiger partial charge in [-0.25, -0.2) is 0 Å². The highest BCUT2D eigenvalue weighted by molar-refractivity contribution is 5.77. The number of ether oxygens (including phenoxy) is 2. The molecule has 2 atom stereocenters. The SMILES string of the molecule is CCCCCC(C)OC(=O)CCC(=O)OCC(CC)CCCC. The molecule has 0 aromatic rings. The summed E-state index contributed by atoms with van der Waals surface area (Å²) in [6.45, 7) is 8.80. The number of hydrogen-bond donors (Lipinski definition) is 0. The van der Waals surface area contributed by atoms with Crippen LogP contribution in [-0.2, 0) is 19.1 Å². The maximum atomic E-state index is 11.7. The maximum Gasteiger partial charge on any atom is 0.306 e. The fourth-order valence-corrected chi connectivity index (χ4v) is 2.41. The van der Waals surface area contributed by atoms with E-state index in [0.29, 0.717) is 12.5 Å². The molecule has 0 saturated carbocycles. The number of carbonyl (C=O) groups excluding carboxylic acids is 2. The van der Waals surface area contributed by atoms with Crippen molar-refractivity contribution in [1.29, 1.82) is 0 Å². The smallest absolute Gasteiger partial charge is 0.306 e. The van der Waals surface area contributed by atoms with Crippen molar-refractivity contribution in [2.75, 3.05) is 6.61 Å². The van der Waals surface area contributed by atoms with Crippen LogP contribution < -0.4 is 0 Å². The molecule has 0 fully saturated rings. The molecular formula is C19H36O4. The molecule has 2 unspecified atom stereocenters. The summed E-state index contributed by atoms with van der Waals surface area (Å²) < 4.78 is 10.6. The summed E-state index contributed by atoms with van der Waals surface area (Å²) in [6, 6.07) is 0. The summed E-state index contributed by atoms with van der Waals surface area (Å²) in [4.78, 5) is 23.4. The second-order valence-electron chi connectivity index (χ2n) is 6.40. The van der Waals surface area contributed by atoms with Gasteiger partial charge in [-0.1, -0.05) is 52.9 Å². The summed E-state index contributed by atoms with van der Waals surface area (Å²) in [5.41, 5.74) is 0. The highest BCUT2D eigenvalue weighted by Gasteiger charge is 2.14. The van der Waals surface area contributed by atoms with Gasteiger partial charge in [-0.15, -0.1) is 0 Å². The molecule has 0 heterocycles. The molecule has 0 amide bonds. The minimum absolute atomic E-state index is 0.0661. The Labute approximate surface area is 142 Å². The van der Waals surface area contributed by atoms with E-state index in [0.717, 1.165) is 51.4 Å². The lowest BCUT2D eigenvalue weighted by molar-refractivity contribution is -0.153. The van der Waals surface area contributed by atoms with Crippen LogP contribution in [0.1, 0.15) is 91.9 Å². The Kier molecular flexibility index (Phi) is 13.9. The van der Waals surface area contributed by atoms with Crippen molar-refractivity contribution in [2.24, 2.45) is 5.92 Å². The quantitative estimate of drug-likeness (QED) is 0.331. The average Bonchev–Trinajstić information content (AvgIpc) is 2.53. The molecule has 4 heteroatoms. The minimum Gasteiger partial charge on any atom is -0.465 e. The van der Waals surface area contributed by atoms with E-state index in [4.69, 9.17) is 9.47 Å². The molecule has 136 valence electrons. The van der Waals surface area contributed by atoms with E-state index in [1.165, 1.54) is 0 Å². The van der Waals surface area contributed by atoms with Crippen LogP contribution in [0.4, 0.5) is 0 Å². The van der Waals surface area contributed by atoms with Crippen molar-refractivity contribution >= 4 is 11.9 Å². The Morgan fingerprint density at radius 3 is 2.13 bits per heavy atom. The fraction of sp³-hybridized carbons (Fsp3) is 0.895. The normalized spacial score (nSPS) is 13.4. The predicted molar refractivity (Wildman–Crippen MR) is 93.2 cm³/mol. The minimum atomic E-state index is -0.302. The largest absolute Gasteiger partial charge is 0.465 e. The molecule has 0 aliphatic heterocycles. The van der Waals surface area contributed by atoms with Crippen LogP contribution in [0.3, 0.4) is 0 Å². The molecular weight excluding hydrogens is 292 g/mol. The van der Waals surface area contributed by atoms with E-state index in [-0.39, 0.29) is 30.9 Å². The van der Waals surface area contributed by atoms with Gasteiger partial charge in [0, 0.05) is 0 Å².